The summed E-state index contributed by atoms with van der Waals surface area (Å²) >= 11 is 3.01. The van der Waals surface area contributed by atoms with E-state index in [0.717, 1.165) is 6.07 Å². The van der Waals surface area contributed by atoms with Crippen molar-refractivity contribution in [2.45, 2.75) is 6.92 Å². The molecule has 0 amide bonds. The standard InChI is InChI=1S/C6H4BrFN2O2/c1-3-4(7)2-5(10(11)12)6(8)9-3/h2H,1H3. The SMILES string of the molecule is Cc1nc(F)c([N+](=O)[O-])cc1Br. The van der Waals surface area contributed by atoms with E-state index in [-0.39, 0.29) is 0 Å². The van der Waals surface area contributed by atoms with Crippen molar-refractivity contribution in [2.24, 2.45) is 0 Å². The topological polar surface area (TPSA) is 56.0 Å². The van der Waals surface area contributed by atoms with Crippen molar-refractivity contribution in [2.75, 3.05) is 0 Å². The second-order valence-corrected chi connectivity index (χ2v) is 2.98. The first-order chi connectivity index (χ1) is 5.52. The molecule has 0 N–H and O–H groups in total. The number of hydrogen-bond acceptors (Lipinski definition) is 3. The lowest BCUT2D eigenvalue weighted by Gasteiger charge is -1.97. The predicted molar refractivity (Wildman–Crippen MR) is 43.3 cm³/mol. The number of aromatic nitrogens is 1. The van der Waals surface area contributed by atoms with E-state index in [1.807, 2.05) is 0 Å². The number of halogens is 2. The van der Waals surface area contributed by atoms with Gasteiger partial charge in [-0.25, -0.2) is 4.98 Å². The van der Waals surface area contributed by atoms with Crippen LogP contribution in [0.4, 0.5) is 10.1 Å². The van der Waals surface area contributed by atoms with Gasteiger partial charge >= 0.3 is 5.69 Å². The van der Waals surface area contributed by atoms with Crippen LogP contribution >= 0.6 is 15.9 Å². The van der Waals surface area contributed by atoms with Crippen LogP contribution in [0.3, 0.4) is 0 Å². The Morgan fingerprint density at radius 2 is 2.33 bits per heavy atom. The smallest absolute Gasteiger partial charge is 0.258 e. The Labute approximate surface area is 75.7 Å². The van der Waals surface area contributed by atoms with Gasteiger partial charge in [-0.2, -0.15) is 4.39 Å². The largest absolute Gasteiger partial charge is 0.325 e. The van der Waals surface area contributed by atoms with Gasteiger partial charge in [0.15, 0.2) is 0 Å². The molecule has 0 spiro atoms. The van der Waals surface area contributed by atoms with Crippen LogP contribution in [0.15, 0.2) is 10.5 Å². The minimum Gasteiger partial charge on any atom is -0.258 e. The molecule has 6 heteroatoms. The van der Waals surface area contributed by atoms with Crippen LogP contribution in [-0.2, 0) is 0 Å². The third-order valence-electron chi connectivity index (χ3n) is 1.28. The molecule has 0 bridgehead atoms. The quantitative estimate of drug-likeness (QED) is 0.426. The maximum Gasteiger partial charge on any atom is 0.325 e. The van der Waals surface area contributed by atoms with Crippen LogP contribution in [0.5, 0.6) is 0 Å². The number of aryl methyl sites for hydroxylation is 1. The number of hydrogen-bond donors (Lipinski definition) is 0. The maximum atomic E-state index is 12.7. The van der Waals surface area contributed by atoms with E-state index in [0.29, 0.717) is 10.2 Å². The van der Waals surface area contributed by atoms with Crippen LogP contribution in [0.1, 0.15) is 5.69 Å². The predicted octanol–water partition coefficient (Wildman–Crippen LogP) is 2.20. The van der Waals surface area contributed by atoms with Gasteiger partial charge in [0.25, 0.3) is 5.95 Å². The van der Waals surface area contributed by atoms with Crippen LogP contribution in [0.25, 0.3) is 0 Å². The van der Waals surface area contributed by atoms with Crippen molar-refractivity contribution in [1.29, 1.82) is 0 Å². The summed E-state index contributed by atoms with van der Waals surface area (Å²) < 4.78 is 13.1. The molecular weight excluding hydrogens is 231 g/mol. The highest BCUT2D eigenvalue weighted by molar-refractivity contribution is 9.10. The Kier molecular flexibility index (Phi) is 2.37. The monoisotopic (exact) mass is 234 g/mol. The number of rotatable bonds is 1. The maximum absolute atomic E-state index is 12.7. The zero-order chi connectivity index (χ0) is 9.30. The van der Waals surface area contributed by atoms with E-state index >= 15 is 0 Å². The first-order valence-electron chi connectivity index (χ1n) is 2.99. The molecule has 1 rings (SSSR count). The molecule has 4 nitrogen and oxygen atoms in total. The molecule has 0 aliphatic heterocycles. The van der Waals surface area contributed by atoms with Crippen LogP contribution in [-0.4, -0.2) is 9.91 Å². The minimum atomic E-state index is -1.05. The van der Waals surface area contributed by atoms with Crippen molar-refractivity contribution < 1.29 is 9.31 Å². The highest BCUT2D eigenvalue weighted by Gasteiger charge is 2.16. The van der Waals surface area contributed by atoms with Crippen LogP contribution in [0, 0.1) is 23.0 Å². The van der Waals surface area contributed by atoms with Gasteiger partial charge in [0.2, 0.25) is 0 Å². The van der Waals surface area contributed by atoms with Gasteiger partial charge in [-0.05, 0) is 22.9 Å². The molecule has 0 fully saturated rings. The summed E-state index contributed by atoms with van der Waals surface area (Å²) in [6.07, 6.45) is 0. The number of nitrogens with zero attached hydrogens (tertiary/aromatic N) is 2. The van der Waals surface area contributed by atoms with Crippen LogP contribution < -0.4 is 0 Å². The number of nitro groups is 1. The molecule has 0 saturated carbocycles. The average Bonchev–Trinajstić information content (AvgIpc) is 1.96. The highest BCUT2D eigenvalue weighted by atomic mass is 79.9. The molecule has 64 valence electrons. The summed E-state index contributed by atoms with van der Waals surface area (Å²) in [4.78, 5) is 12.7. The van der Waals surface area contributed by atoms with Crippen molar-refractivity contribution in [3.05, 3.63) is 32.3 Å². The molecule has 0 radical (unpaired) electrons. The van der Waals surface area contributed by atoms with Crippen molar-refractivity contribution in [3.8, 4) is 0 Å². The third-order valence-corrected chi connectivity index (χ3v) is 2.09. The lowest BCUT2D eigenvalue weighted by molar-refractivity contribution is -0.388. The van der Waals surface area contributed by atoms with Gasteiger partial charge in [0.1, 0.15) is 0 Å². The van der Waals surface area contributed by atoms with E-state index in [1.165, 1.54) is 0 Å². The van der Waals surface area contributed by atoms with Gasteiger partial charge < -0.3 is 0 Å². The summed E-state index contributed by atoms with van der Waals surface area (Å²) in [7, 11) is 0. The molecule has 0 aliphatic rings. The summed E-state index contributed by atoms with van der Waals surface area (Å²) in [6.45, 7) is 1.55. The van der Waals surface area contributed by atoms with Gasteiger partial charge in [0, 0.05) is 10.5 Å². The molecular formula is C6H4BrFN2O2. The summed E-state index contributed by atoms with van der Waals surface area (Å²) in [5.74, 6) is -1.05. The first kappa shape index (κ1) is 9.05. The molecule has 1 aromatic rings. The Morgan fingerprint density at radius 1 is 1.75 bits per heavy atom. The lowest BCUT2D eigenvalue weighted by Crippen LogP contribution is -1.97. The Balaban J connectivity index is 3.33. The van der Waals surface area contributed by atoms with Crippen molar-refractivity contribution in [1.82, 2.24) is 4.98 Å². The zero-order valence-corrected chi connectivity index (χ0v) is 7.63. The molecule has 0 atom stereocenters. The van der Waals surface area contributed by atoms with Gasteiger partial charge in [0.05, 0.1) is 10.6 Å². The lowest BCUT2D eigenvalue weighted by atomic mass is 10.3. The van der Waals surface area contributed by atoms with E-state index in [4.69, 9.17) is 0 Å². The molecule has 1 heterocycles. The molecule has 0 aromatic carbocycles. The summed E-state index contributed by atoms with van der Waals surface area (Å²) in [5, 5.41) is 10.2. The van der Waals surface area contributed by atoms with Crippen molar-refractivity contribution in [3.63, 3.8) is 0 Å². The zero-order valence-electron chi connectivity index (χ0n) is 6.04. The average molecular weight is 235 g/mol. The van der Waals surface area contributed by atoms with E-state index < -0.39 is 16.6 Å². The normalized spacial score (nSPS) is 9.92. The fourth-order valence-electron chi connectivity index (χ4n) is 0.670. The Bertz CT molecular complexity index is 343. The summed E-state index contributed by atoms with van der Waals surface area (Å²) in [5.41, 5.74) is -0.231. The van der Waals surface area contributed by atoms with Crippen LogP contribution in [0.2, 0.25) is 0 Å². The molecule has 0 unspecified atom stereocenters. The van der Waals surface area contributed by atoms with Crippen molar-refractivity contribution >= 4 is 21.6 Å². The Hall–Kier alpha value is -1.04. The highest BCUT2D eigenvalue weighted by Crippen LogP contribution is 2.22. The van der Waals surface area contributed by atoms with Gasteiger partial charge in [-0.3, -0.25) is 10.1 Å². The minimum absolute atomic E-state index is 0.387. The van der Waals surface area contributed by atoms with E-state index in [9.17, 15) is 14.5 Å². The third kappa shape index (κ3) is 1.58. The number of pyridine rings is 1. The second kappa shape index (κ2) is 3.14. The fourth-order valence-corrected chi connectivity index (χ4v) is 0.975. The van der Waals surface area contributed by atoms with E-state index in [1.54, 1.807) is 6.92 Å². The molecule has 12 heavy (non-hydrogen) atoms. The molecule has 1 aromatic heterocycles. The second-order valence-electron chi connectivity index (χ2n) is 2.12. The molecule has 0 aliphatic carbocycles. The summed E-state index contributed by atoms with van der Waals surface area (Å²) in [6, 6.07) is 1.09. The van der Waals surface area contributed by atoms with Gasteiger partial charge in [-0.1, -0.05) is 0 Å². The fraction of sp³-hybridized carbons (Fsp3) is 0.167. The Morgan fingerprint density at radius 3 is 2.83 bits per heavy atom. The van der Waals surface area contributed by atoms with Gasteiger partial charge in [-0.15, -0.1) is 0 Å². The molecule has 0 saturated heterocycles. The van der Waals surface area contributed by atoms with E-state index in [2.05, 4.69) is 20.9 Å². The first-order valence-corrected chi connectivity index (χ1v) is 3.78.